The first-order chi connectivity index (χ1) is 19.8. The number of hydrogen-bond acceptors (Lipinski definition) is 14. The van der Waals surface area contributed by atoms with Crippen molar-refractivity contribution in [3.63, 3.8) is 0 Å². The molecule has 4 rings (SSSR count). The van der Waals surface area contributed by atoms with E-state index in [1.165, 1.54) is 18.2 Å². The second-order valence-corrected chi connectivity index (χ2v) is 12.8. The number of fused-ring (bicyclic) bond motifs is 1. The van der Waals surface area contributed by atoms with E-state index >= 15 is 0 Å². The summed E-state index contributed by atoms with van der Waals surface area (Å²) in [5, 5.41) is 11.5. The normalized spacial score (nSPS) is 12.5. The highest BCUT2D eigenvalue weighted by Gasteiger charge is 2.24. The number of anilines is 4. The maximum absolute atomic E-state index is 12.2. The molecule has 226 valence electrons. The number of hydrogen-bond donors (Lipinski definition) is 7. The van der Waals surface area contributed by atoms with Crippen molar-refractivity contribution in [2.75, 3.05) is 16.4 Å². The minimum Gasteiger partial charge on any atom is -0.368 e. The maximum Gasteiger partial charge on any atom is 0.316 e. The van der Waals surface area contributed by atoms with Gasteiger partial charge in [-0.05, 0) is 59.5 Å². The molecule has 43 heavy (non-hydrogen) atoms. The van der Waals surface area contributed by atoms with Gasteiger partial charge in [-0.1, -0.05) is 0 Å². The van der Waals surface area contributed by atoms with Gasteiger partial charge < -0.3 is 22.1 Å². The van der Waals surface area contributed by atoms with E-state index < -0.39 is 67.5 Å². The quantitative estimate of drug-likeness (QED) is 0.104. The van der Waals surface area contributed by atoms with Crippen LogP contribution in [0.2, 0.25) is 5.28 Å². The van der Waals surface area contributed by atoms with Crippen LogP contribution in [0.1, 0.15) is 0 Å². The number of nitrogens with zero attached hydrogens (tertiary/aromatic N) is 5. The van der Waals surface area contributed by atoms with Crippen LogP contribution in [-0.4, -0.2) is 59.9 Å². The van der Waals surface area contributed by atoms with Crippen LogP contribution < -0.4 is 22.1 Å². The Morgan fingerprint density at radius 3 is 2.05 bits per heavy atom. The van der Waals surface area contributed by atoms with Crippen molar-refractivity contribution in [2.45, 2.75) is 14.7 Å². The number of nitrogens with two attached hydrogens (primary N) is 2. The van der Waals surface area contributed by atoms with Gasteiger partial charge in [-0.15, -0.1) is 10.2 Å². The first-order valence-corrected chi connectivity index (χ1v) is 15.6. The number of benzene rings is 3. The van der Waals surface area contributed by atoms with E-state index in [2.05, 4.69) is 35.8 Å². The van der Waals surface area contributed by atoms with Crippen LogP contribution >= 0.6 is 11.6 Å². The number of primary amides is 1. The maximum atomic E-state index is 12.2. The van der Waals surface area contributed by atoms with E-state index in [1.54, 1.807) is 0 Å². The smallest absolute Gasteiger partial charge is 0.316 e. The molecule has 1 aromatic heterocycles. The lowest BCUT2D eigenvalue weighted by Crippen LogP contribution is -2.19. The summed E-state index contributed by atoms with van der Waals surface area (Å²) >= 11 is 5.76. The van der Waals surface area contributed by atoms with Gasteiger partial charge in [0.25, 0.3) is 30.4 Å². The molecular formula is C20H16ClN9O10S3. The number of aromatic nitrogens is 3. The fourth-order valence-corrected chi connectivity index (χ4v) is 5.71. The van der Waals surface area contributed by atoms with E-state index in [1.807, 2.05) is 0 Å². The highest BCUT2D eigenvalue weighted by atomic mass is 35.5. The van der Waals surface area contributed by atoms with Gasteiger partial charge in [-0.2, -0.15) is 40.2 Å². The molecule has 0 aliphatic rings. The fraction of sp³-hybridized carbons (Fsp3) is 0. The van der Waals surface area contributed by atoms with Gasteiger partial charge in [0.15, 0.2) is 0 Å². The second kappa shape index (κ2) is 11.3. The zero-order valence-corrected chi connectivity index (χ0v) is 23.9. The number of azo groups is 1. The van der Waals surface area contributed by atoms with Crippen molar-refractivity contribution < 1.29 is 43.7 Å². The number of carbonyl (C=O) groups is 1. The van der Waals surface area contributed by atoms with Gasteiger partial charge in [-0.3, -0.25) is 13.7 Å². The van der Waals surface area contributed by atoms with Crippen molar-refractivity contribution in [3.8, 4) is 0 Å². The molecule has 1 heterocycles. The van der Waals surface area contributed by atoms with Gasteiger partial charge >= 0.3 is 6.03 Å². The summed E-state index contributed by atoms with van der Waals surface area (Å²) in [6, 6.07) is 5.42. The Labute approximate surface area is 246 Å². The Kier molecular flexibility index (Phi) is 8.20. The number of urea groups is 1. The summed E-state index contributed by atoms with van der Waals surface area (Å²) in [5.41, 5.74) is 10.1. The largest absolute Gasteiger partial charge is 0.368 e. The lowest BCUT2D eigenvalue weighted by molar-refractivity contribution is 0.259. The molecule has 3 aromatic carbocycles. The van der Waals surface area contributed by atoms with Crippen molar-refractivity contribution in [1.82, 2.24) is 15.0 Å². The average molecular weight is 674 g/mol. The van der Waals surface area contributed by atoms with Crippen molar-refractivity contribution in [2.24, 2.45) is 16.0 Å². The van der Waals surface area contributed by atoms with Gasteiger partial charge in [0, 0.05) is 11.1 Å². The Hall–Kier alpha value is -4.58. The third-order valence-corrected chi connectivity index (χ3v) is 8.00. The number of halogens is 1. The Morgan fingerprint density at radius 2 is 1.47 bits per heavy atom. The molecule has 0 radical (unpaired) electrons. The number of nitrogens with one attached hydrogen (secondary N) is 2. The van der Waals surface area contributed by atoms with Crippen LogP contribution in [0.5, 0.6) is 0 Å². The molecule has 0 saturated carbocycles. The molecule has 23 heteroatoms. The van der Waals surface area contributed by atoms with E-state index in [-0.39, 0.29) is 34.2 Å². The van der Waals surface area contributed by atoms with E-state index in [4.69, 9.17) is 23.1 Å². The van der Waals surface area contributed by atoms with Gasteiger partial charge in [-0.25, -0.2) is 4.79 Å². The predicted octanol–water partition coefficient (Wildman–Crippen LogP) is 2.65. The van der Waals surface area contributed by atoms with E-state index in [9.17, 15) is 43.7 Å². The van der Waals surface area contributed by atoms with Gasteiger partial charge in [0.1, 0.15) is 21.2 Å². The highest BCUT2D eigenvalue weighted by Crippen LogP contribution is 2.37. The molecule has 2 amide bonds. The molecule has 4 aromatic rings. The van der Waals surface area contributed by atoms with E-state index in [0.29, 0.717) is 18.2 Å². The van der Waals surface area contributed by atoms with Crippen molar-refractivity contribution in [3.05, 3.63) is 47.7 Å². The predicted molar refractivity (Wildman–Crippen MR) is 150 cm³/mol. The van der Waals surface area contributed by atoms with E-state index in [0.717, 1.165) is 6.07 Å². The molecule has 0 aliphatic carbocycles. The third kappa shape index (κ3) is 7.44. The molecule has 0 fully saturated rings. The number of nitrogen functional groups attached to an aromatic ring is 1. The molecule has 0 aliphatic heterocycles. The summed E-state index contributed by atoms with van der Waals surface area (Å²) in [6.45, 7) is 0. The number of rotatable bonds is 8. The third-order valence-electron chi connectivity index (χ3n) is 5.22. The van der Waals surface area contributed by atoms with Crippen molar-refractivity contribution in [1.29, 1.82) is 0 Å². The lowest BCUT2D eigenvalue weighted by atomic mass is 10.1. The minimum atomic E-state index is -5.16. The Morgan fingerprint density at radius 1 is 0.814 bits per heavy atom. The molecule has 0 bridgehead atoms. The Balaban J connectivity index is 1.88. The second-order valence-electron chi connectivity index (χ2n) is 8.22. The zero-order chi connectivity index (χ0) is 31.9. The molecule has 9 N–H and O–H groups in total. The summed E-state index contributed by atoms with van der Waals surface area (Å²) < 4.78 is 100. The molecule has 0 saturated heterocycles. The molecule has 0 atom stereocenters. The van der Waals surface area contributed by atoms with Crippen LogP contribution in [0.3, 0.4) is 0 Å². The number of amides is 2. The fourth-order valence-electron chi connectivity index (χ4n) is 3.56. The standard InChI is InChI=1S/C20H16ClN9O10S3/c21-17-26-18(22)28-20(27-17)24-9-1-2-12(13(5-9)25-19(23)31)29-30-14-7-11-8(4-16(14)43(38,39)40)3-10(41(32,33)34)6-15(11)42(35,36)37/h1-7H,(H3,23,25,31)(H,32,33,34)(H,35,36,37)(H,38,39,40)(H3,22,24,26,27,28)/b30-29+. The topological polar surface area (TPSA) is 320 Å². The molecule has 0 unspecified atom stereocenters. The van der Waals surface area contributed by atoms with Gasteiger partial charge in [0.2, 0.25) is 17.2 Å². The molecule has 19 nitrogen and oxygen atoms in total. The zero-order valence-electron chi connectivity index (χ0n) is 20.7. The first kappa shape index (κ1) is 31.4. The SMILES string of the molecule is NC(=O)Nc1cc(Nc2nc(N)nc(Cl)n2)ccc1/N=N/c1cc2c(S(=O)(=O)O)cc(S(=O)(=O)O)cc2cc1S(=O)(=O)O. The summed E-state index contributed by atoms with van der Waals surface area (Å²) in [7, 11) is -15.3. The highest BCUT2D eigenvalue weighted by molar-refractivity contribution is 7.87. The van der Waals surface area contributed by atoms with Crippen LogP contribution in [0.4, 0.5) is 39.4 Å². The Bertz CT molecular complexity index is 2160. The molecule has 0 spiro atoms. The monoisotopic (exact) mass is 673 g/mol. The molecular weight excluding hydrogens is 658 g/mol. The first-order valence-electron chi connectivity index (χ1n) is 10.9. The minimum absolute atomic E-state index is 0.0716. The van der Waals surface area contributed by atoms with Crippen LogP contribution in [0, 0.1) is 0 Å². The van der Waals surface area contributed by atoms with Crippen LogP contribution in [0.25, 0.3) is 10.8 Å². The van der Waals surface area contributed by atoms with Crippen LogP contribution in [0.15, 0.2) is 67.4 Å². The van der Waals surface area contributed by atoms with Gasteiger partial charge in [0.05, 0.1) is 10.6 Å². The average Bonchev–Trinajstić information content (AvgIpc) is 2.84. The summed E-state index contributed by atoms with van der Waals surface area (Å²) in [4.78, 5) is 19.9. The summed E-state index contributed by atoms with van der Waals surface area (Å²) in [5.74, 6) is -0.266. The summed E-state index contributed by atoms with van der Waals surface area (Å²) in [6.07, 6.45) is 0. The number of carbonyl (C=O) groups excluding carboxylic acids is 1. The van der Waals surface area contributed by atoms with Crippen LogP contribution in [-0.2, 0) is 30.4 Å². The van der Waals surface area contributed by atoms with Crippen molar-refractivity contribution >= 4 is 93.4 Å². The lowest BCUT2D eigenvalue weighted by Gasteiger charge is -2.11.